The molecule has 0 aromatic heterocycles. The number of nitrogens with two attached hydrogens (primary N) is 1. The van der Waals surface area contributed by atoms with Crippen LogP contribution in [0.15, 0.2) is 24.3 Å². The summed E-state index contributed by atoms with van der Waals surface area (Å²) >= 11 is 3.81. The number of amides is 2. The maximum atomic E-state index is 11.6. The minimum Gasteiger partial charge on any atom is -0.480 e. The number of carboxylic acid groups (broad SMARTS) is 1. The molecule has 0 fully saturated rings. The number of hydrogen-bond donors (Lipinski definition) is 7. The highest BCUT2D eigenvalue weighted by atomic mass is 32.1. The number of carboxylic acids is 1. The third-order valence-electron chi connectivity index (χ3n) is 2.62. The lowest BCUT2D eigenvalue weighted by atomic mass is 10.2. The standard InChI is InChI=1S/C11H12N2O4S.C4H11NO2/c14-9(6-18)13-8-3-1-2-7(4-8)11(17)12-5-10(15)16;6-3-1-5-2-4-7/h1-4,18H,5-6H2,(H,12,17)(H,13,14)(H,15,16);5-7H,1-4H2/p+1. The van der Waals surface area contributed by atoms with Crippen LogP contribution in [0.3, 0.4) is 0 Å². The van der Waals surface area contributed by atoms with Crippen LogP contribution < -0.4 is 16.0 Å². The van der Waals surface area contributed by atoms with Gasteiger partial charge in [-0.15, -0.1) is 0 Å². The molecule has 9 nitrogen and oxygen atoms in total. The number of hydrogen-bond acceptors (Lipinski definition) is 6. The van der Waals surface area contributed by atoms with Gasteiger partial charge in [0, 0.05) is 11.3 Å². The Labute approximate surface area is 150 Å². The molecule has 25 heavy (non-hydrogen) atoms. The molecule has 0 saturated heterocycles. The van der Waals surface area contributed by atoms with Crippen LogP contribution in [0.5, 0.6) is 0 Å². The van der Waals surface area contributed by atoms with Crippen LogP contribution in [0.2, 0.25) is 0 Å². The molecule has 0 atom stereocenters. The zero-order valence-corrected chi connectivity index (χ0v) is 14.5. The normalized spacial score (nSPS) is 9.56. The van der Waals surface area contributed by atoms with E-state index in [0.717, 1.165) is 0 Å². The number of aliphatic carboxylic acids is 1. The third kappa shape index (κ3) is 12.0. The molecule has 0 bridgehead atoms. The molecular weight excluding hydrogens is 350 g/mol. The molecule has 0 aliphatic carbocycles. The zero-order chi connectivity index (χ0) is 19.1. The lowest BCUT2D eigenvalue weighted by Gasteiger charge is -2.06. The maximum Gasteiger partial charge on any atom is 0.322 e. The van der Waals surface area contributed by atoms with Crippen molar-refractivity contribution in [3.63, 3.8) is 0 Å². The minimum atomic E-state index is -1.12. The van der Waals surface area contributed by atoms with Gasteiger partial charge in [-0.25, -0.2) is 0 Å². The first-order valence-corrected chi connectivity index (χ1v) is 8.12. The predicted molar refractivity (Wildman–Crippen MR) is 94.7 cm³/mol. The topological polar surface area (TPSA) is 153 Å². The summed E-state index contributed by atoms with van der Waals surface area (Å²) in [5.41, 5.74) is 0.727. The Bertz CT molecular complexity index is 552. The summed E-state index contributed by atoms with van der Waals surface area (Å²) in [6, 6.07) is 6.19. The Morgan fingerprint density at radius 1 is 1.12 bits per heavy atom. The van der Waals surface area contributed by atoms with Crippen LogP contribution in [-0.2, 0) is 9.59 Å². The van der Waals surface area contributed by atoms with Crippen molar-refractivity contribution >= 4 is 36.1 Å². The van der Waals surface area contributed by atoms with Crippen LogP contribution in [0, 0.1) is 0 Å². The molecule has 1 aromatic carbocycles. The Morgan fingerprint density at radius 2 is 1.76 bits per heavy atom. The lowest BCUT2D eigenvalue weighted by molar-refractivity contribution is -0.657. The number of rotatable bonds is 9. The van der Waals surface area contributed by atoms with Crippen LogP contribution in [0.1, 0.15) is 10.4 Å². The number of anilines is 1. The molecule has 10 heteroatoms. The van der Waals surface area contributed by atoms with Crippen LogP contribution in [0.4, 0.5) is 5.69 Å². The largest absolute Gasteiger partial charge is 0.480 e. The van der Waals surface area contributed by atoms with Gasteiger partial charge < -0.3 is 31.3 Å². The van der Waals surface area contributed by atoms with Crippen molar-refractivity contribution in [1.29, 1.82) is 0 Å². The van der Waals surface area contributed by atoms with E-state index in [1.807, 2.05) is 5.32 Å². The molecule has 0 aliphatic rings. The smallest absolute Gasteiger partial charge is 0.322 e. The van der Waals surface area contributed by atoms with Crippen molar-refractivity contribution in [2.45, 2.75) is 0 Å². The number of aliphatic hydroxyl groups is 2. The highest BCUT2D eigenvalue weighted by Crippen LogP contribution is 2.10. The fourth-order valence-corrected chi connectivity index (χ4v) is 1.60. The van der Waals surface area contributed by atoms with E-state index < -0.39 is 18.4 Å². The van der Waals surface area contributed by atoms with Gasteiger partial charge in [-0.3, -0.25) is 14.4 Å². The van der Waals surface area contributed by atoms with Gasteiger partial charge in [0.1, 0.15) is 6.54 Å². The zero-order valence-electron chi connectivity index (χ0n) is 13.6. The molecule has 1 rings (SSSR count). The molecule has 0 radical (unpaired) electrons. The van der Waals surface area contributed by atoms with Gasteiger partial charge in [0.25, 0.3) is 5.91 Å². The lowest BCUT2D eigenvalue weighted by Crippen LogP contribution is -2.85. The van der Waals surface area contributed by atoms with E-state index in [1.54, 1.807) is 12.1 Å². The average Bonchev–Trinajstić information content (AvgIpc) is 2.60. The van der Waals surface area contributed by atoms with Gasteiger partial charge >= 0.3 is 5.97 Å². The van der Waals surface area contributed by atoms with Crippen molar-refractivity contribution in [1.82, 2.24) is 5.32 Å². The van der Waals surface area contributed by atoms with E-state index in [9.17, 15) is 14.4 Å². The second-order valence-corrected chi connectivity index (χ2v) is 4.99. The highest BCUT2D eigenvalue weighted by molar-refractivity contribution is 7.81. The molecule has 7 N–H and O–H groups in total. The first-order chi connectivity index (χ1) is 11.9. The number of benzene rings is 1. The molecule has 140 valence electrons. The Balaban J connectivity index is 0.000000697. The quantitative estimate of drug-likeness (QED) is 0.194. The van der Waals surface area contributed by atoms with E-state index in [2.05, 4.69) is 23.3 Å². The molecule has 1 aromatic rings. The van der Waals surface area contributed by atoms with Gasteiger partial charge in [0.15, 0.2) is 0 Å². The molecule has 2 amide bonds. The SMILES string of the molecule is O=C(O)CNC(=O)c1cccc(NC(=O)CS)c1.OCC[NH2+]CCO. The summed E-state index contributed by atoms with van der Waals surface area (Å²) in [5, 5.41) is 31.4. The van der Waals surface area contributed by atoms with E-state index in [-0.39, 0.29) is 30.4 Å². The first kappa shape index (κ1) is 22.9. The fraction of sp³-hybridized carbons (Fsp3) is 0.400. The summed E-state index contributed by atoms with van der Waals surface area (Å²) in [6.07, 6.45) is 0. The number of carbonyl (C=O) groups excluding carboxylic acids is 2. The maximum absolute atomic E-state index is 11.6. The molecule has 0 spiro atoms. The molecule has 0 heterocycles. The van der Waals surface area contributed by atoms with Crippen molar-refractivity contribution in [3.8, 4) is 0 Å². The number of aliphatic hydroxyl groups excluding tert-OH is 2. The van der Waals surface area contributed by atoms with Crippen molar-refractivity contribution in [2.24, 2.45) is 0 Å². The molecule has 0 saturated carbocycles. The fourth-order valence-electron chi connectivity index (χ4n) is 1.52. The summed E-state index contributed by atoms with van der Waals surface area (Å²) in [7, 11) is 0. The monoisotopic (exact) mass is 374 g/mol. The Kier molecular flexibility index (Phi) is 13.0. The van der Waals surface area contributed by atoms with E-state index in [1.165, 1.54) is 12.1 Å². The van der Waals surface area contributed by atoms with Crippen molar-refractivity contribution in [3.05, 3.63) is 29.8 Å². The summed E-state index contributed by atoms with van der Waals surface area (Å²) in [4.78, 5) is 33.0. The van der Waals surface area contributed by atoms with E-state index in [4.69, 9.17) is 15.3 Å². The second-order valence-electron chi connectivity index (χ2n) is 4.68. The number of thiol groups is 1. The minimum absolute atomic E-state index is 0.0371. The van der Waals surface area contributed by atoms with Gasteiger partial charge in [-0.1, -0.05) is 6.07 Å². The summed E-state index contributed by atoms with van der Waals surface area (Å²) < 4.78 is 0. The first-order valence-electron chi connectivity index (χ1n) is 7.48. The van der Waals surface area contributed by atoms with E-state index in [0.29, 0.717) is 18.8 Å². The molecule has 0 aliphatic heterocycles. The summed E-state index contributed by atoms with van der Waals surface area (Å²) in [5.74, 6) is -1.89. The third-order valence-corrected chi connectivity index (χ3v) is 2.91. The van der Waals surface area contributed by atoms with Crippen LogP contribution in [-0.4, -0.2) is 71.7 Å². The van der Waals surface area contributed by atoms with Gasteiger partial charge in [0.05, 0.1) is 32.1 Å². The number of nitrogens with one attached hydrogen (secondary N) is 2. The number of quaternary nitrogens is 1. The van der Waals surface area contributed by atoms with Crippen molar-refractivity contribution in [2.75, 3.05) is 43.9 Å². The Hall–Kier alpha value is -2.14. The van der Waals surface area contributed by atoms with Gasteiger partial charge in [0.2, 0.25) is 5.91 Å². The molecule has 0 unspecified atom stereocenters. The second kappa shape index (κ2) is 14.2. The van der Waals surface area contributed by atoms with Crippen LogP contribution in [0.25, 0.3) is 0 Å². The van der Waals surface area contributed by atoms with Gasteiger partial charge in [-0.05, 0) is 18.2 Å². The average molecular weight is 374 g/mol. The predicted octanol–water partition coefficient (Wildman–Crippen LogP) is -2.10. The van der Waals surface area contributed by atoms with Crippen molar-refractivity contribution < 1.29 is 35.0 Å². The molecular formula is C15H24N3O6S+. The Morgan fingerprint density at radius 3 is 2.28 bits per heavy atom. The van der Waals surface area contributed by atoms with E-state index >= 15 is 0 Å². The van der Waals surface area contributed by atoms with Gasteiger partial charge in [-0.2, -0.15) is 12.6 Å². The summed E-state index contributed by atoms with van der Waals surface area (Å²) in [6.45, 7) is 1.33. The van der Waals surface area contributed by atoms with Crippen LogP contribution >= 0.6 is 12.6 Å². The highest BCUT2D eigenvalue weighted by Gasteiger charge is 2.08. The number of carbonyl (C=O) groups is 3.